The van der Waals surface area contributed by atoms with Crippen LogP contribution in [0.1, 0.15) is 11.5 Å². The summed E-state index contributed by atoms with van der Waals surface area (Å²) in [7, 11) is 0. The molecule has 2 heterocycles. The van der Waals surface area contributed by atoms with Gasteiger partial charge in [-0.2, -0.15) is 0 Å². The fourth-order valence-corrected chi connectivity index (χ4v) is 3.59. The molecule has 30 heavy (non-hydrogen) atoms. The van der Waals surface area contributed by atoms with E-state index in [0.29, 0.717) is 34.3 Å². The first-order chi connectivity index (χ1) is 14.6. The summed E-state index contributed by atoms with van der Waals surface area (Å²) in [6.07, 6.45) is 0. The number of carbonyl (C=O) groups excluding carboxylic acids is 1. The van der Waals surface area contributed by atoms with Crippen molar-refractivity contribution < 1.29 is 14.1 Å². The largest absolute Gasteiger partial charge is 0.484 e. The molecule has 1 N–H and O–H groups in total. The summed E-state index contributed by atoms with van der Waals surface area (Å²) in [5.41, 5.74) is 1.64. The Kier molecular flexibility index (Phi) is 5.85. The highest BCUT2D eigenvalue weighted by Gasteiger charge is 2.08. The van der Waals surface area contributed by atoms with Crippen LogP contribution in [0.5, 0.6) is 5.75 Å². The average molecular weight is 421 g/mol. The Hall–Kier alpha value is -3.52. The molecule has 4 rings (SSSR count). The van der Waals surface area contributed by atoms with Crippen molar-refractivity contribution in [3.63, 3.8) is 0 Å². The summed E-state index contributed by atoms with van der Waals surface area (Å²) in [6.45, 7) is 1.72. The molecule has 0 saturated heterocycles. The van der Waals surface area contributed by atoms with E-state index < -0.39 is 0 Å². The molecule has 0 spiro atoms. The van der Waals surface area contributed by atoms with Crippen molar-refractivity contribution in [2.45, 2.75) is 17.6 Å². The molecule has 0 aliphatic heterocycles. The maximum Gasteiger partial charge on any atom is 0.287 e. The lowest BCUT2D eigenvalue weighted by Gasteiger charge is -2.08. The lowest BCUT2D eigenvalue weighted by atomic mass is 10.3. The minimum atomic E-state index is -0.237. The summed E-state index contributed by atoms with van der Waals surface area (Å²) in [5, 5.41) is 2.80. The van der Waals surface area contributed by atoms with Gasteiger partial charge in [0.05, 0.1) is 5.69 Å². The van der Waals surface area contributed by atoms with Gasteiger partial charge in [0, 0.05) is 28.5 Å². The third-order valence-corrected chi connectivity index (χ3v) is 5.21. The highest BCUT2D eigenvalue weighted by Crippen LogP contribution is 2.23. The number of anilines is 1. The van der Waals surface area contributed by atoms with Gasteiger partial charge in [0.25, 0.3) is 11.5 Å². The molecule has 0 radical (unpaired) electrons. The quantitative estimate of drug-likeness (QED) is 0.456. The van der Waals surface area contributed by atoms with Gasteiger partial charge in [-0.25, -0.2) is 4.98 Å². The first kappa shape index (κ1) is 19.8. The van der Waals surface area contributed by atoms with E-state index in [9.17, 15) is 9.59 Å². The zero-order chi connectivity index (χ0) is 20.9. The monoisotopic (exact) mass is 421 g/mol. The summed E-state index contributed by atoms with van der Waals surface area (Å²) in [6, 6.07) is 19.9. The summed E-state index contributed by atoms with van der Waals surface area (Å²) >= 11 is 1.55. The van der Waals surface area contributed by atoms with Gasteiger partial charge in [-0.1, -0.05) is 18.2 Å². The molecule has 0 atom stereocenters. The molecule has 0 saturated carbocycles. The second-order valence-electron chi connectivity index (χ2n) is 6.55. The van der Waals surface area contributed by atoms with Crippen molar-refractivity contribution in [2.75, 3.05) is 11.9 Å². The number of carbonyl (C=O) groups is 1. The fraction of sp³-hybridized carbons (Fsp3) is 0.136. The predicted octanol–water partition coefficient (Wildman–Crippen LogP) is 3.91. The van der Waals surface area contributed by atoms with Crippen LogP contribution in [0.4, 0.5) is 5.69 Å². The first-order valence-corrected chi connectivity index (χ1v) is 10.3. The second kappa shape index (κ2) is 8.87. The Morgan fingerprint density at radius 2 is 1.90 bits per heavy atom. The molecule has 2 aromatic carbocycles. The van der Waals surface area contributed by atoms with Gasteiger partial charge in [-0.05, 0) is 43.3 Å². The molecule has 0 bridgehead atoms. The number of rotatable bonds is 7. The number of ether oxygens (including phenoxy) is 1. The van der Waals surface area contributed by atoms with E-state index in [1.54, 1.807) is 36.9 Å². The molecule has 0 aliphatic rings. The van der Waals surface area contributed by atoms with Crippen LogP contribution >= 0.6 is 11.8 Å². The maximum atomic E-state index is 12.1. The lowest BCUT2D eigenvalue weighted by molar-refractivity contribution is -0.118. The Balaban J connectivity index is 1.31. The number of hydrogen-bond acceptors (Lipinski definition) is 6. The van der Waals surface area contributed by atoms with Crippen LogP contribution in [-0.2, 0) is 10.5 Å². The lowest BCUT2D eigenvalue weighted by Crippen LogP contribution is -2.20. The fourth-order valence-electron chi connectivity index (χ4n) is 2.80. The van der Waals surface area contributed by atoms with Gasteiger partial charge in [0.2, 0.25) is 0 Å². The topological polar surface area (TPSA) is 85.8 Å². The number of nitrogens with zero attached hydrogens (tertiary/aromatic N) is 2. The van der Waals surface area contributed by atoms with E-state index >= 15 is 0 Å². The van der Waals surface area contributed by atoms with Gasteiger partial charge in [0.15, 0.2) is 12.3 Å². The zero-order valence-corrected chi connectivity index (χ0v) is 17.0. The number of amides is 1. The smallest absolute Gasteiger partial charge is 0.287 e. The molecule has 152 valence electrons. The highest BCUT2D eigenvalue weighted by atomic mass is 32.2. The molecule has 2 aromatic heterocycles. The standard InChI is InChI=1S/C22H19N3O4S/c1-15-11-20-23-17(12-22(27)25(20)29-15)14-30-19-9-7-16(8-10-19)24-21(26)13-28-18-5-3-2-4-6-18/h2-12H,13-14H2,1H3,(H,24,26). The Bertz CT molecular complexity index is 1220. The zero-order valence-electron chi connectivity index (χ0n) is 16.2. The molecule has 7 nitrogen and oxygen atoms in total. The second-order valence-corrected chi connectivity index (χ2v) is 7.60. The first-order valence-electron chi connectivity index (χ1n) is 9.27. The molecule has 0 aliphatic carbocycles. The van der Waals surface area contributed by atoms with Gasteiger partial charge in [-0.3, -0.25) is 9.59 Å². The maximum absolute atomic E-state index is 12.1. The van der Waals surface area contributed by atoms with Gasteiger partial charge in [-0.15, -0.1) is 16.3 Å². The molecule has 1 amide bonds. The van der Waals surface area contributed by atoms with Gasteiger partial charge in [0.1, 0.15) is 11.5 Å². The Morgan fingerprint density at radius 1 is 1.13 bits per heavy atom. The van der Waals surface area contributed by atoms with Crippen molar-refractivity contribution in [1.29, 1.82) is 0 Å². The normalized spacial score (nSPS) is 10.8. The number of aromatic nitrogens is 2. The summed E-state index contributed by atoms with van der Waals surface area (Å²) in [4.78, 5) is 29.6. The number of para-hydroxylation sites is 1. The third kappa shape index (κ3) is 4.90. The number of hydrogen-bond donors (Lipinski definition) is 1. The van der Waals surface area contributed by atoms with E-state index in [2.05, 4.69) is 10.3 Å². The van der Waals surface area contributed by atoms with Crippen molar-refractivity contribution >= 4 is 29.0 Å². The minimum absolute atomic E-state index is 0.0578. The van der Waals surface area contributed by atoms with Gasteiger partial charge >= 0.3 is 0 Å². The van der Waals surface area contributed by atoms with Crippen LogP contribution in [0.25, 0.3) is 5.65 Å². The molecule has 8 heteroatoms. The average Bonchev–Trinajstić information content (AvgIpc) is 3.13. The summed E-state index contributed by atoms with van der Waals surface area (Å²) in [5.74, 6) is 1.60. The van der Waals surface area contributed by atoms with Crippen LogP contribution in [0, 0.1) is 6.92 Å². The molecule has 0 unspecified atom stereocenters. The number of nitrogens with one attached hydrogen (secondary N) is 1. The van der Waals surface area contributed by atoms with Crippen molar-refractivity contribution in [3.8, 4) is 5.75 Å². The van der Waals surface area contributed by atoms with Crippen molar-refractivity contribution in [2.24, 2.45) is 0 Å². The van der Waals surface area contributed by atoms with Crippen LogP contribution in [-0.4, -0.2) is 22.1 Å². The highest BCUT2D eigenvalue weighted by molar-refractivity contribution is 7.98. The number of aryl methyl sites for hydroxylation is 1. The Morgan fingerprint density at radius 3 is 2.67 bits per heavy atom. The minimum Gasteiger partial charge on any atom is -0.484 e. The van der Waals surface area contributed by atoms with E-state index in [-0.39, 0.29) is 18.1 Å². The number of benzene rings is 2. The predicted molar refractivity (Wildman–Crippen MR) is 115 cm³/mol. The van der Waals surface area contributed by atoms with E-state index in [1.165, 1.54) is 10.6 Å². The van der Waals surface area contributed by atoms with Crippen LogP contribution in [0.15, 0.2) is 80.9 Å². The summed E-state index contributed by atoms with van der Waals surface area (Å²) < 4.78 is 11.9. The SMILES string of the molecule is Cc1cc2nc(CSc3ccc(NC(=O)COc4ccccc4)cc3)cc(=O)n2o1. The molecular weight excluding hydrogens is 402 g/mol. The van der Waals surface area contributed by atoms with Crippen LogP contribution in [0.3, 0.4) is 0 Å². The van der Waals surface area contributed by atoms with E-state index in [1.807, 2.05) is 42.5 Å². The molecule has 0 fully saturated rings. The molecule has 4 aromatic rings. The van der Waals surface area contributed by atoms with Crippen molar-refractivity contribution in [1.82, 2.24) is 9.56 Å². The third-order valence-electron chi connectivity index (χ3n) is 4.16. The van der Waals surface area contributed by atoms with Crippen LogP contribution in [0.2, 0.25) is 0 Å². The number of fused-ring (bicyclic) bond motifs is 1. The Labute approximate surface area is 176 Å². The van der Waals surface area contributed by atoms with E-state index in [0.717, 1.165) is 4.90 Å². The molecular formula is C22H19N3O4S. The van der Waals surface area contributed by atoms with Crippen molar-refractivity contribution in [3.05, 3.63) is 88.5 Å². The van der Waals surface area contributed by atoms with Crippen LogP contribution < -0.4 is 15.6 Å². The van der Waals surface area contributed by atoms with Gasteiger partial charge < -0.3 is 14.6 Å². The van der Waals surface area contributed by atoms with E-state index in [4.69, 9.17) is 9.26 Å². The number of thioether (sulfide) groups is 1.